The summed E-state index contributed by atoms with van der Waals surface area (Å²) in [5, 5.41) is 8.76. The Morgan fingerprint density at radius 1 is 1.50 bits per heavy atom. The highest BCUT2D eigenvalue weighted by Gasteiger charge is 2.06. The van der Waals surface area contributed by atoms with Crippen molar-refractivity contribution in [2.24, 2.45) is 0 Å². The number of rotatable bonds is 0. The fourth-order valence-corrected chi connectivity index (χ4v) is 0.889. The van der Waals surface area contributed by atoms with Gasteiger partial charge in [-0.2, -0.15) is 0 Å². The zero-order chi connectivity index (χ0) is 7.72. The Hall–Kier alpha value is -0.770. The molecule has 0 bridgehead atoms. The number of aromatic hydroxyl groups is 1. The molecule has 0 unspecified atom stereocenters. The number of anilines is 1. The van der Waals surface area contributed by atoms with Gasteiger partial charge >= 0.3 is 0 Å². The average molecular weight is 206 g/mol. The molecule has 54 valence electrons. The lowest BCUT2D eigenvalue weighted by atomic mass is 10.3. The quantitative estimate of drug-likeness (QED) is 0.502. The average Bonchev–Trinajstić information content (AvgIpc) is 1.93. The van der Waals surface area contributed by atoms with Gasteiger partial charge in [0.15, 0.2) is 11.6 Å². The Balaban J connectivity index is 3.34. The SMILES string of the molecule is Nc1ccc(O)c(F)c1Br. The van der Waals surface area contributed by atoms with Gasteiger partial charge in [-0.15, -0.1) is 0 Å². The predicted octanol–water partition coefficient (Wildman–Crippen LogP) is 1.88. The third kappa shape index (κ3) is 1.07. The third-order valence-electron chi connectivity index (χ3n) is 1.09. The second-order valence-electron chi connectivity index (χ2n) is 1.80. The lowest BCUT2D eigenvalue weighted by molar-refractivity contribution is 0.431. The summed E-state index contributed by atoms with van der Waals surface area (Å²) in [5.74, 6) is -1.12. The van der Waals surface area contributed by atoms with Crippen molar-refractivity contribution in [3.05, 3.63) is 22.4 Å². The molecule has 0 atom stereocenters. The molecule has 0 aromatic heterocycles. The van der Waals surface area contributed by atoms with Gasteiger partial charge in [0.2, 0.25) is 0 Å². The van der Waals surface area contributed by atoms with Crippen molar-refractivity contribution in [2.75, 3.05) is 5.73 Å². The van der Waals surface area contributed by atoms with E-state index < -0.39 is 11.6 Å². The summed E-state index contributed by atoms with van der Waals surface area (Å²) >= 11 is 2.87. The molecule has 0 saturated carbocycles. The first-order chi connectivity index (χ1) is 4.63. The van der Waals surface area contributed by atoms with Gasteiger partial charge < -0.3 is 10.8 Å². The lowest BCUT2D eigenvalue weighted by Gasteiger charge is -1.99. The Morgan fingerprint density at radius 3 is 2.60 bits per heavy atom. The van der Waals surface area contributed by atoms with Gasteiger partial charge in [0.05, 0.1) is 4.47 Å². The van der Waals surface area contributed by atoms with Crippen LogP contribution in [0.3, 0.4) is 0 Å². The van der Waals surface area contributed by atoms with Gasteiger partial charge in [-0.05, 0) is 28.1 Å². The molecular formula is C6H5BrFNO. The molecule has 0 aliphatic carbocycles. The summed E-state index contributed by atoms with van der Waals surface area (Å²) in [7, 11) is 0. The molecule has 1 aromatic rings. The molecule has 4 heteroatoms. The van der Waals surface area contributed by atoms with Gasteiger partial charge in [-0.1, -0.05) is 0 Å². The second kappa shape index (κ2) is 2.46. The number of nitrogen functional groups attached to an aromatic ring is 1. The second-order valence-corrected chi connectivity index (χ2v) is 2.59. The van der Waals surface area contributed by atoms with Crippen molar-refractivity contribution in [1.29, 1.82) is 0 Å². The maximum Gasteiger partial charge on any atom is 0.181 e. The molecule has 1 aromatic carbocycles. The first-order valence-electron chi connectivity index (χ1n) is 2.55. The molecule has 2 nitrogen and oxygen atoms in total. The van der Waals surface area contributed by atoms with E-state index in [1.54, 1.807) is 0 Å². The standard InChI is InChI=1S/C6H5BrFNO/c7-5-3(9)1-2-4(10)6(5)8/h1-2,10H,9H2. The maximum absolute atomic E-state index is 12.6. The van der Waals surface area contributed by atoms with Crippen LogP contribution in [0.25, 0.3) is 0 Å². The number of nitrogens with two attached hydrogens (primary N) is 1. The Kier molecular flexibility index (Phi) is 1.80. The van der Waals surface area contributed by atoms with Crippen LogP contribution in [-0.2, 0) is 0 Å². The molecule has 0 heterocycles. The third-order valence-corrected chi connectivity index (χ3v) is 1.90. The highest BCUT2D eigenvalue weighted by atomic mass is 79.9. The van der Waals surface area contributed by atoms with Gasteiger partial charge in [-0.3, -0.25) is 0 Å². The number of hydrogen-bond donors (Lipinski definition) is 2. The highest BCUT2D eigenvalue weighted by Crippen LogP contribution is 2.28. The van der Waals surface area contributed by atoms with Gasteiger partial charge in [-0.25, -0.2) is 4.39 Å². The predicted molar refractivity (Wildman–Crippen MR) is 40.2 cm³/mol. The van der Waals surface area contributed by atoms with Crippen LogP contribution in [0.2, 0.25) is 0 Å². The van der Waals surface area contributed by atoms with E-state index in [0.717, 1.165) is 0 Å². The topological polar surface area (TPSA) is 46.2 Å². The molecular weight excluding hydrogens is 201 g/mol. The molecule has 0 amide bonds. The first kappa shape index (κ1) is 7.34. The summed E-state index contributed by atoms with van der Waals surface area (Å²) in [6.45, 7) is 0. The van der Waals surface area contributed by atoms with E-state index in [-0.39, 0.29) is 10.2 Å². The monoisotopic (exact) mass is 205 g/mol. The van der Waals surface area contributed by atoms with Crippen LogP contribution < -0.4 is 5.73 Å². The van der Waals surface area contributed by atoms with Gasteiger partial charge in [0.25, 0.3) is 0 Å². The van der Waals surface area contributed by atoms with Crippen molar-refractivity contribution in [3.8, 4) is 5.75 Å². The summed E-state index contributed by atoms with van der Waals surface area (Å²) in [6, 6.07) is 2.62. The van der Waals surface area contributed by atoms with Crippen molar-refractivity contribution < 1.29 is 9.50 Å². The number of phenolic OH excluding ortho intramolecular Hbond substituents is 1. The molecule has 0 spiro atoms. The van der Waals surface area contributed by atoms with Crippen molar-refractivity contribution in [3.63, 3.8) is 0 Å². The molecule has 0 aliphatic heterocycles. The van der Waals surface area contributed by atoms with E-state index in [4.69, 9.17) is 10.8 Å². The summed E-state index contributed by atoms with van der Waals surface area (Å²) in [6.07, 6.45) is 0. The molecule has 10 heavy (non-hydrogen) atoms. The van der Waals surface area contributed by atoms with Crippen LogP contribution in [0.5, 0.6) is 5.75 Å². The Labute approximate surface area is 65.6 Å². The van der Waals surface area contributed by atoms with Crippen LogP contribution in [0.4, 0.5) is 10.1 Å². The summed E-state index contributed by atoms with van der Waals surface area (Å²) in [5.41, 5.74) is 5.56. The van der Waals surface area contributed by atoms with Crippen molar-refractivity contribution in [1.82, 2.24) is 0 Å². The number of benzene rings is 1. The van der Waals surface area contributed by atoms with Crippen molar-refractivity contribution >= 4 is 21.6 Å². The van der Waals surface area contributed by atoms with Gasteiger partial charge in [0.1, 0.15) is 0 Å². The molecule has 1 rings (SSSR count). The molecule has 0 aliphatic rings. The van der Waals surface area contributed by atoms with E-state index >= 15 is 0 Å². The Bertz CT molecular complexity index is 237. The lowest BCUT2D eigenvalue weighted by Crippen LogP contribution is -1.88. The fourth-order valence-electron chi connectivity index (χ4n) is 0.554. The highest BCUT2D eigenvalue weighted by molar-refractivity contribution is 9.10. The van der Waals surface area contributed by atoms with Crippen molar-refractivity contribution in [2.45, 2.75) is 0 Å². The number of hydrogen-bond acceptors (Lipinski definition) is 2. The van der Waals surface area contributed by atoms with Gasteiger partial charge in [0, 0.05) is 5.69 Å². The number of halogens is 2. The molecule has 3 N–H and O–H groups in total. The van der Waals surface area contributed by atoms with E-state index in [2.05, 4.69) is 15.9 Å². The van der Waals surface area contributed by atoms with Crippen LogP contribution in [-0.4, -0.2) is 5.11 Å². The van der Waals surface area contributed by atoms with E-state index in [0.29, 0.717) is 0 Å². The van der Waals surface area contributed by atoms with Crippen LogP contribution in [0, 0.1) is 5.82 Å². The minimum atomic E-state index is -0.722. The van der Waals surface area contributed by atoms with Crippen LogP contribution in [0.1, 0.15) is 0 Å². The molecule has 0 saturated heterocycles. The largest absolute Gasteiger partial charge is 0.505 e. The minimum Gasteiger partial charge on any atom is -0.505 e. The molecule has 0 radical (unpaired) electrons. The smallest absolute Gasteiger partial charge is 0.181 e. The normalized spacial score (nSPS) is 9.80. The molecule has 0 fully saturated rings. The maximum atomic E-state index is 12.6. The minimum absolute atomic E-state index is 0.104. The first-order valence-corrected chi connectivity index (χ1v) is 3.34. The van der Waals surface area contributed by atoms with Crippen LogP contribution >= 0.6 is 15.9 Å². The zero-order valence-corrected chi connectivity index (χ0v) is 6.52. The number of phenols is 1. The summed E-state index contributed by atoms with van der Waals surface area (Å²) < 4.78 is 12.7. The Morgan fingerprint density at radius 2 is 2.10 bits per heavy atom. The fraction of sp³-hybridized carbons (Fsp3) is 0. The van der Waals surface area contributed by atoms with E-state index in [9.17, 15) is 4.39 Å². The van der Waals surface area contributed by atoms with Crippen LogP contribution in [0.15, 0.2) is 16.6 Å². The van der Waals surface area contributed by atoms with E-state index in [1.165, 1.54) is 12.1 Å². The summed E-state index contributed by atoms with van der Waals surface area (Å²) in [4.78, 5) is 0. The van der Waals surface area contributed by atoms with E-state index in [1.807, 2.05) is 0 Å². The zero-order valence-electron chi connectivity index (χ0n) is 4.94.